The lowest BCUT2D eigenvalue weighted by atomic mass is 9.70. The number of hydrogen-bond acceptors (Lipinski definition) is 7. The number of hydrogen-bond donors (Lipinski definition) is 2. The third-order valence-electron chi connectivity index (χ3n) is 9.66. The number of nitrogens with zero attached hydrogens (tertiary/aromatic N) is 2. The van der Waals surface area contributed by atoms with E-state index in [0.29, 0.717) is 30.4 Å². The van der Waals surface area contributed by atoms with Gasteiger partial charge in [0, 0.05) is 19.0 Å². The first-order chi connectivity index (χ1) is 22.7. The lowest BCUT2D eigenvalue weighted by molar-refractivity contribution is -0.161. The minimum absolute atomic E-state index is 0.0481. The van der Waals surface area contributed by atoms with Crippen molar-refractivity contribution in [3.63, 3.8) is 0 Å². The van der Waals surface area contributed by atoms with Crippen molar-refractivity contribution in [1.29, 1.82) is 0 Å². The van der Waals surface area contributed by atoms with Crippen LogP contribution in [0, 0.1) is 11.8 Å². The number of carbonyl (C=O) groups is 4. The van der Waals surface area contributed by atoms with Crippen LogP contribution in [0.1, 0.15) is 62.8 Å². The summed E-state index contributed by atoms with van der Waals surface area (Å²) in [5.41, 5.74) is 0.0834. The fraction of sp³-hybridized carbons (Fsp3) is 0.459. The van der Waals surface area contributed by atoms with Gasteiger partial charge < -0.3 is 29.7 Å². The van der Waals surface area contributed by atoms with Gasteiger partial charge in [0.15, 0.2) is 0 Å². The van der Waals surface area contributed by atoms with Gasteiger partial charge in [0.25, 0.3) is 0 Å². The Hall–Kier alpha value is -4.28. The van der Waals surface area contributed by atoms with E-state index >= 15 is 0 Å². The maximum absolute atomic E-state index is 14.7. The first kappa shape index (κ1) is 34.1. The number of amides is 3. The van der Waals surface area contributed by atoms with Crippen LogP contribution in [0.25, 0.3) is 0 Å². The van der Waals surface area contributed by atoms with Crippen LogP contribution in [0.4, 0.5) is 0 Å². The maximum Gasteiger partial charge on any atom is 0.313 e. The van der Waals surface area contributed by atoms with Gasteiger partial charge in [-0.05, 0) is 44.2 Å². The zero-order valence-corrected chi connectivity index (χ0v) is 27.1. The predicted molar refractivity (Wildman–Crippen MR) is 175 cm³/mol. The van der Waals surface area contributed by atoms with E-state index in [4.69, 9.17) is 9.47 Å². The van der Waals surface area contributed by atoms with Crippen molar-refractivity contribution < 1.29 is 33.8 Å². The van der Waals surface area contributed by atoms with Crippen LogP contribution in [0.15, 0.2) is 86.0 Å². The summed E-state index contributed by atoms with van der Waals surface area (Å²) in [6.07, 6.45) is 3.52. The Balaban J connectivity index is 1.50. The first-order valence-corrected chi connectivity index (χ1v) is 16.4. The second-order valence-corrected chi connectivity index (χ2v) is 12.8. The number of benzene rings is 2. The average molecular weight is 644 g/mol. The van der Waals surface area contributed by atoms with E-state index in [9.17, 15) is 24.3 Å². The van der Waals surface area contributed by atoms with Crippen molar-refractivity contribution in [3.8, 4) is 0 Å². The van der Waals surface area contributed by atoms with Crippen molar-refractivity contribution >= 4 is 23.7 Å². The number of rotatable bonds is 15. The van der Waals surface area contributed by atoms with Crippen molar-refractivity contribution in [3.05, 3.63) is 97.1 Å². The number of aliphatic hydroxyl groups is 1. The van der Waals surface area contributed by atoms with Crippen LogP contribution in [0.2, 0.25) is 0 Å². The van der Waals surface area contributed by atoms with Crippen molar-refractivity contribution in [2.75, 3.05) is 19.7 Å². The predicted octanol–water partition coefficient (Wildman–Crippen LogP) is 3.88. The van der Waals surface area contributed by atoms with Crippen molar-refractivity contribution in [1.82, 2.24) is 15.1 Å². The molecule has 250 valence electrons. The molecular formula is C37H45N3O7. The molecule has 3 fully saturated rings. The van der Waals surface area contributed by atoms with E-state index in [1.165, 1.54) is 4.90 Å². The van der Waals surface area contributed by atoms with Gasteiger partial charge in [0.05, 0.1) is 37.1 Å². The van der Waals surface area contributed by atoms with Gasteiger partial charge in [-0.1, -0.05) is 72.8 Å². The largest absolute Gasteiger partial charge is 0.455 e. The molecule has 3 aliphatic rings. The highest BCUT2D eigenvalue weighted by atomic mass is 16.6. The molecule has 0 aliphatic carbocycles. The molecule has 3 saturated heterocycles. The molecular weight excluding hydrogens is 598 g/mol. The minimum Gasteiger partial charge on any atom is -0.455 e. The van der Waals surface area contributed by atoms with Crippen LogP contribution < -0.4 is 5.32 Å². The number of esters is 1. The van der Waals surface area contributed by atoms with Crippen LogP contribution in [0.5, 0.6) is 0 Å². The molecule has 3 amide bonds. The van der Waals surface area contributed by atoms with Crippen LogP contribution in [-0.4, -0.2) is 82.1 Å². The van der Waals surface area contributed by atoms with Crippen LogP contribution >= 0.6 is 0 Å². The SMILES string of the molecule is C=CCCC(=O)NC[C@H](OC(=O)[C@@H]1[C@@H]2CC[C@]3(O2)[C@H](C(=O)N(CC=C)C(C)C)N([C@H](CO)c2ccccc2)C(=O)[C@@H]13)c1ccccc1. The number of allylic oxidation sites excluding steroid dienone is 1. The summed E-state index contributed by atoms with van der Waals surface area (Å²) in [5, 5.41) is 13.6. The van der Waals surface area contributed by atoms with Gasteiger partial charge in [-0.25, -0.2) is 0 Å². The lowest BCUT2D eigenvalue weighted by Crippen LogP contribution is -2.58. The molecule has 1 spiro atoms. The Labute approximate surface area is 276 Å². The Morgan fingerprint density at radius 2 is 1.74 bits per heavy atom. The molecule has 0 unspecified atom stereocenters. The molecule has 0 saturated carbocycles. The van der Waals surface area contributed by atoms with E-state index in [1.54, 1.807) is 17.1 Å². The Morgan fingerprint density at radius 3 is 2.34 bits per heavy atom. The third kappa shape index (κ3) is 6.49. The van der Waals surface area contributed by atoms with Gasteiger partial charge >= 0.3 is 5.97 Å². The number of carbonyl (C=O) groups excluding carboxylic acids is 4. The number of fused-ring (bicyclic) bond motifs is 1. The minimum atomic E-state index is -1.28. The summed E-state index contributed by atoms with van der Waals surface area (Å²) < 4.78 is 12.7. The van der Waals surface area contributed by atoms with Gasteiger partial charge in [-0.2, -0.15) is 0 Å². The van der Waals surface area contributed by atoms with Gasteiger partial charge in [0.2, 0.25) is 17.7 Å². The molecule has 7 atom stereocenters. The fourth-order valence-electron chi connectivity index (χ4n) is 7.50. The Morgan fingerprint density at radius 1 is 1.09 bits per heavy atom. The van der Waals surface area contributed by atoms with Crippen molar-refractivity contribution in [2.24, 2.45) is 11.8 Å². The zero-order chi connectivity index (χ0) is 33.7. The molecule has 3 aliphatic heterocycles. The molecule has 0 aromatic heterocycles. The molecule has 2 N–H and O–H groups in total. The quantitative estimate of drug-likeness (QED) is 0.223. The topological polar surface area (TPSA) is 125 Å². The third-order valence-corrected chi connectivity index (χ3v) is 9.66. The maximum atomic E-state index is 14.7. The van der Waals surface area contributed by atoms with E-state index in [1.807, 2.05) is 74.5 Å². The molecule has 5 rings (SSSR count). The molecule has 10 nitrogen and oxygen atoms in total. The Kier molecular flexibility index (Phi) is 10.6. The van der Waals surface area contributed by atoms with Gasteiger partial charge in [-0.3, -0.25) is 19.2 Å². The molecule has 10 heteroatoms. The zero-order valence-electron chi connectivity index (χ0n) is 27.1. The standard InChI is InChI=1S/C37H45N3O7/c1-5-7-18-30(42)38-22-29(26-16-12-9-13-17-26)46-36(45)31-28-19-20-37(47-28)32(31)34(43)40(27(23-41)25-14-10-8-11-15-25)33(37)35(44)39(21-6-2)24(3)4/h5-6,8-17,24,27-29,31-33,41H,1-2,7,18-23H2,3-4H3,(H,38,42)/t27-,28+,29+,31-,32-,33+,37-/m1/s1. The monoisotopic (exact) mass is 643 g/mol. The summed E-state index contributed by atoms with van der Waals surface area (Å²) in [6.45, 7) is 11.2. The highest BCUT2D eigenvalue weighted by Crippen LogP contribution is 2.60. The summed E-state index contributed by atoms with van der Waals surface area (Å²) >= 11 is 0. The smallest absolute Gasteiger partial charge is 0.313 e. The number of likely N-dealkylation sites (tertiary alicyclic amines) is 1. The lowest BCUT2D eigenvalue weighted by Gasteiger charge is -2.40. The van der Waals surface area contributed by atoms with Crippen LogP contribution in [0.3, 0.4) is 0 Å². The van der Waals surface area contributed by atoms with Crippen LogP contribution in [-0.2, 0) is 28.7 Å². The average Bonchev–Trinajstić information content (AvgIpc) is 3.73. The van der Waals surface area contributed by atoms with E-state index in [0.717, 1.165) is 0 Å². The van der Waals surface area contributed by atoms with Gasteiger partial charge in [0.1, 0.15) is 17.7 Å². The summed E-state index contributed by atoms with van der Waals surface area (Å²) in [7, 11) is 0. The van der Waals surface area contributed by atoms with Gasteiger partial charge in [-0.15, -0.1) is 13.2 Å². The molecule has 3 heterocycles. The summed E-state index contributed by atoms with van der Waals surface area (Å²) in [6, 6.07) is 16.1. The number of ether oxygens (including phenoxy) is 2. The Bertz CT molecular complexity index is 1460. The van der Waals surface area contributed by atoms with Crippen molar-refractivity contribution in [2.45, 2.75) is 75.5 Å². The second-order valence-electron chi connectivity index (χ2n) is 12.8. The first-order valence-electron chi connectivity index (χ1n) is 16.4. The van der Waals surface area contributed by atoms with E-state index in [2.05, 4.69) is 18.5 Å². The summed E-state index contributed by atoms with van der Waals surface area (Å²) in [4.78, 5) is 58.9. The number of nitrogens with one attached hydrogen (secondary N) is 1. The normalized spacial score (nSPS) is 25.6. The molecule has 2 aromatic rings. The van der Waals surface area contributed by atoms with E-state index in [-0.39, 0.29) is 37.4 Å². The van der Waals surface area contributed by atoms with E-state index < -0.39 is 60.2 Å². The highest BCUT2D eigenvalue weighted by molar-refractivity contribution is 5.98. The fourth-order valence-corrected chi connectivity index (χ4v) is 7.50. The highest BCUT2D eigenvalue weighted by Gasteiger charge is 2.76. The summed E-state index contributed by atoms with van der Waals surface area (Å²) in [5.74, 6) is -3.52. The second kappa shape index (κ2) is 14.6. The number of aliphatic hydroxyl groups excluding tert-OH is 1. The molecule has 47 heavy (non-hydrogen) atoms. The molecule has 0 radical (unpaired) electrons. The molecule has 2 aromatic carbocycles. The molecule has 2 bridgehead atoms.